The number of hydrogen-bond acceptors (Lipinski definition) is 6. The summed E-state index contributed by atoms with van der Waals surface area (Å²) in [5.41, 5.74) is 0. The van der Waals surface area contributed by atoms with Gasteiger partial charge in [0.15, 0.2) is 19.7 Å². The molecule has 0 aromatic heterocycles. The molecule has 0 radical (unpaired) electrons. The summed E-state index contributed by atoms with van der Waals surface area (Å²) in [6.45, 7) is 0. The molecule has 2 atom stereocenters. The highest BCUT2D eigenvalue weighted by molar-refractivity contribution is 8.23. The standard InChI is InChI=1S/C10H17NO4S4/c1-11(8-2-4-18(12,13)6-8)10(16)17-9-3-5-19(14,15)7-9/h8-9H,2-7H2,1H3. The van der Waals surface area contributed by atoms with Crippen LogP contribution in [-0.2, 0) is 19.7 Å². The highest BCUT2D eigenvalue weighted by Crippen LogP contribution is 2.28. The largest absolute Gasteiger partial charge is 0.357 e. The molecule has 0 saturated carbocycles. The second-order valence-electron chi connectivity index (χ2n) is 5.08. The topological polar surface area (TPSA) is 71.5 Å². The molecule has 0 N–H and O–H groups in total. The molecular formula is C10H17NO4S4. The van der Waals surface area contributed by atoms with Crippen molar-refractivity contribution in [3.8, 4) is 0 Å². The van der Waals surface area contributed by atoms with Crippen LogP contribution in [0, 0.1) is 0 Å². The van der Waals surface area contributed by atoms with E-state index in [1.165, 1.54) is 11.8 Å². The summed E-state index contributed by atoms with van der Waals surface area (Å²) < 4.78 is 46.3. The zero-order valence-electron chi connectivity index (χ0n) is 10.6. The fraction of sp³-hybridized carbons (Fsp3) is 0.900. The number of thioether (sulfide) groups is 1. The molecule has 9 heteroatoms. The minimum Gasteiger partial charge on any atom is -0.357 e. The highest BCUT2D eigenvalue weighted by atomic mass is 32.2. The van der Waals surface area contributed by atoms with Crippen molar-refractivity contribution in [2.45, 2.75) is 24.1 Å². The van der Waals surface area contributed by atoms with Crippen LogP contribution in [0.1, 0.15) is 12.8 Å². The van der Waals surface area contributed by atoms with Gasteiger partial charge in [-0.3, -0.25) is 0 Å². The van der Waals surface area contributed by atoms with Crippen LogP contribution in [-0.4, -0.2) is 67.4 Å². The predicted octanol–water partition coefficient (Wildman–Crippen LogP) is 0.310. The first-order valence-electron chi connectivity index (χ1n) is 6.03. The molecule has 2 saturated heterocycles. The fourth-order valence-corrected chi connectivity index (χ4v) is 8.06. The Morgan fingerprint density at radius 2 is 1.68 bits per heavy atom. The van der Waals surface area contributed by atoms with E-state index in [1.54, 1.807) is 7.05 Å². The predicted molar refractivity (Wildman–Crippen MR) is 82.1 cm³/mol. The van der Waals surface area contributed by atoms with Gasteiger partial charge in [-0.05, 0) is 12.8 Å². The Morgan fingerprint density at radius 1 is 1.11 bits per heavy atom. The molecule has 0 spiro atoms. The summed E-state index contributed by atoms with van der Waals surface area (Å²) in [4.78, 5) is 1.81. The van der Waals surface area contributed by atoms with Crippen molar-refractivity contribution < 1.29 is 16.8 Å². The number of sulfone groups is 2. The first-order chi connectivity index (χ1) is 8.69. The fourth-order valence-electron chi connectivity index (χ4n) is 2.31. The Labute approximate surface area is 124 Å². The molecule has 2 unspecified atom stereocenters. The van der Waals surface area contributed by atoms with Gasteiger partial charge < -0.3 is 4.90 Å². The Bertz CT molecular complexity index is 568. The number of hydrogen-bond donors (Lipinski definition) is 0. The van der Waals surface area contributed by atoms with Crippen LogP contribution in [0.5, 0.6) is 0 Å². The lowest BCUT2D eigenvalue weighted by molar-refractivity contribution is 0.409. The van der Waals surface area contributed by atoms with Gasteiger partial charge in [0.05, 0.1) is 23.0 Å². The lowest BCUT2D eigenvalue weighted by Crippen LogP contribution is -2.36. The van der Waals surface area contributed by atoms with E-state index in [-0.39, 0.29) is 34.3 Å². The number of thiocarbonyl (C=S) groups is 1. The van der Waals surface area contributed by atoms with Gasteiger partial charge in [-0.25, -0.2) is 16.8 Å². The Hall–Kier alpha value is 0.140. The minimum atomic E-state index is -2.93. The van der Waals surface area contributed by atoms with Crippen molar-refractivity contribution in [3.05, 3.63) is 0 Å². The summed E-state index contributed by atoms with van der Waals surface area (Å²) in [5.74, 6) is 0.768. The molecule has 2 aliphatic heterocycles. The van der Waals surface area contributed by atoms with Crippen molar-refractivity contribution in [2.24, 2.45) is 0 Å². The quantitative estimate of drug-likeness (QED) is 0.668. The molecule has 2 heterocycles. The molecular weight excluding hydrogens is 326 g/mol. The zero-order valence-corrected chi connectivity index (χ0v) is 13.9. The van der Waals surface area contributed by atoms with Crippen molar-refractivity contribution in [1.82, 2.24) is 4.90 Å². The van der Waals surface area contributed by atoms with Crippen molar-refractivity contribution in [2.75, 3.05) is 30.1 Å². The molecule has 2 aliphatic rings. The number of nitrogens with zero attached hydrogens (tertiary/aromatic N) is 1. The van der Waals surface area contributed by atoms with Gasteiger partial charge in [-0.2, -0.15) is 0 Å². The maximum absolute atomic E-state index is 11.4. The van der Waals surface area contributed by atoms with Gasteiger partial charge >= 0.3 is 0 Å². The van der Waals surface area contributed by atoms with Crippen LogP contribution in [0.15, 0.2) is 0 Å². The molecule has 5 nitrogen and oxygen atoms in total. The van der Waals surface area contributed by atoms with Crippen molar-refractivity contribution in [3.63, 3.8) is 0 Å². The second kappa shape index (κ2) is 5.50. The first-order valence-corrected chi connectivity index (χ1v) is 11.0. The van der Waals surface area contributed by atoms with E-state index in [9.17, 15) is 16.8 Å². The minimum absolute atomic E-state index is 0.0120. The van der Waals surface area contributed by atoms with Crippen LogP contribution in [0.25, 0.3) is 0 Å². The van der Waals surface area contributed by atoms with E-state index in [1.807, 2.05) is 4.90 Å². The van der Waals surface area contributed by atoms with E-state index in [0.29, 0.717) is 17.2 Å². The normalized spacial score (nSPS) is 32.3. The molecule has 19 heavy (non-hydrogen) atoms. The van der Waals surface area contributed by atoms with Crippen LogP contribution in [0.2, 0.25) is 0 Å². The average molecular weight is 344 g/mol. The summed E-state index contributed by atoms with van der Waals surface area (Å²) in [6.07, 6.45) is 1.23. The molecule has 0 bridgehead atoms. The van der Waals surface area contributed by atoms with Crippen molar-refractivity contribution in [1.29, 1.82) is 0 Å². The third kappa shape index (κ3) is 4.05. The molecule has 0 aliphatic carbocycles. The lowest BCUT2D eigenvalue weighted by atomic mass is 10.2. The van der Waals surface area contributed by atoms with Gasteiger partial charge in [0, 0.05) is 18.3 Å². The molecule has 0 amide bonds. The Balaban J connectivity index is 1.90. The Morgan fingerprint density at radius 3 is 2.16 bits per heavy atom. The summed E-state index contributed by atoms with van der Waals surface area (Å²) in [6, 6.07) is -0.0667. The second-order valence-corrected chi connectivity index (χ2v) is 11.5. The van der Waals surface area contributed by atoms with Gasteiger partial charge in [-0.15, -0.1) is 0 Å². The van der Waals surface area contributed by atoms with Gasteiger partial charge in [-0.1, -0.05) is 24.0 Å². The first kappa shape index (κ1) is 15.5. The van der Waals surface area contributed by atoms with Crippen LogP contribution >= 0.6 is 24.0 Å². The summed E-state index contributed by atoms with van der Waals surface area (Å²) in [7, 11) is -4.03. The van der Waals surface area contributed by atoms with Crippen molar-refractivity contribution >= 4 is 48.0 Å². The third-order valence-corrected chi connectivity index (χ3v) is 9.03. The van der Waals surface area contributed by atoms with E-state index in [2.05, 4.69) is 0 Å². The van der Waals surface area contributed by atoms with Gasteiger partial charge in [0.1, 0.15) is 4.32 Å². The molecule has 0 aromatic rings. The van der Waals surface area contributed by atoms with Gasteiger partial charge in [0.2, 0.25) is 0 Å². The maximum Gasteiger partial charge on any atom is 0.152 e. The van der Waals surface area contributed by atoms with Crippen LogP contribution < -0.4 is 0 Å². The van der Waals surface area contributed by atoms with E-state index in [4.69, 9.17) is 12.2 Å². The Kier molecular flexibility index (Phi) is 4.49. The van der Waals surface area contributed by atoms with Crippen LogP contribution in [0.4, 0.5) is 0 Å². The van der Waals surface area contributed by atoms with Crippen LogP contribution in [0.3, 0.4) is 0 Å². The van der Waals surface area contributed by atoms with E-state index in [0.717, 1.165) is 0 Å². The molecule has 2 rings (SSSR count). The highest BCUT2D eigenvalue weighted by Gasteiger charge is 2.34. The van der Waals surface area contributed by atoms with Gasteiger partial charge in [0.25, 0.3) is 0 Å². The lowest BCUT2D eigenvalue weighted by Gasteiger charge is -2.26. The monoisotopic (exact) mass is 343 g/mol. The summed E-state index contributed by atoms with van der Waals surface area (Å²) >= 11 is 6.69. The average Bonchev–Trinajstić information content (AvgIpc) is 2.80. The number of rotatable bonds is 2. The molecule has 2 fully saturated rings. The SMILES string of the molecule is CN(C(=S)SC1CCS(=O)(=O)C1)C1CCS(=O)(=O)C1. The summed E-state index contributed by atoms with van der Waals surface area (Å²) in [5, 5.41) is 0.0120. The van der Waals surface area contributed by atoms with E-state index < -0.39 is 19.7 Å². The zero-order chi connectivity index (χ0) is 14.3. The smallest absolute Gasteiger partial charge is 0.152 e. The molecule has 0 aromatic carbocycles. The third-order valence-electron chi connectivity index (χ3n) is 3.50. The maximum atomic E-state index is 11.4. The molecule has 110 valence electrons. The van der Waals surface area contributed by atoms with E-state index >= 15 is 0 Å².